The molecule has 3 aromatic rings. The third kappa shape index (κ3) is 7.17. The topological polar surface area (TPSA) is 127 Å². The molecule has 10 heteroatoms. The number of hydrogen-bond donors (Lipinski definition) is 4. The maximum absolute atomic E-state index is 12.3. The van der Waals surface area contributed by atoms with Crippen LogP contribution in [0.1, 0.15) is 0 Å². The number of nitrogens with zero attached hydrogens (tertiary/aromatic N) is 2. The number of ether oxygens (including phenoxy) is 2. The van der Waals surface area contributed by atoms with Crippen molar-refractivity contribution in [3.8, 4) is 16.9 Å². The second-order valence-corrected chi connectivity index (χ2v) is 8.20. The summed E-state index contributed by atoms with van der Waals surface area (Å²) in [4.78, 5) is 22.1. The van der Waals surface area contributed by atoms with Gasteiger partial charge < -0.3 is 31.2 Å². The molecule has 0 bridgehead atoms. The van der Waals surface area contributed by atoms with E-state index in [1.54, 1.807) is 7.11 Å². The molecule has 0 radical (unpaired) electrons. The number of nitrogens with one attached hydrogen (secondary N) is 4. The number of carbonyl (C=O) groups is 1. The van der Waals surface area contributed by atoms with Crippen molar-refractivity contribution in [3.63, 3.8) is 0 Å². The number of rotatable bonds is 8. The molecule has 2 heterocycles. The van der Waals surface area contributed by atoms with Gasteiger partial charge in [-0.25, -0.2) is 9.78 Å². The molecule has 10 nitrogen and oxygen atoms in total. The van der Waals surface area contributed by atoms with E-state index in [1.165, 1.54) is 0 Å². The molecule has 2 aromatic carbocycles. The number of guanidine groups is 1. The smallest absolute Gasteiger partial charge is 0.325 e. The van der Waals surface area contributed by atoms with E-state index in [-0.39, 0.29) is 12.0 Å². The Morgan fingerprint density at radius 1 is 1.08 bits per heavy atom. The fraction of sp³-hybridized carbons (Fsp3) is 0.269. The van der Waals surface area contributed by atoms with Gasteiger partial charge in [0.1, 0.15) is 5.75 Å². The van der Waals surface area contributed by atoms with Gasteiger partial charge in [-0.15, -0.1) is 0 Å². The number of nitrogens with two attached hydrogens (primary N) is 1. The summed E-state index contributed by atoms with van der Waals surface area (Å²) in [6.07, 6.45) is 1.84. The minimum absolute atomic E-state index is 0.227. The lowest BCUT2D eigenvalue weighted by Crippen LogP contribution is -2.42. The first-order valence-electron chi connectivity index (χ1n) is 11.8. The van der Waals surface area contributed by atoms with Crippen molar-refractivity contribution in [1.82, 2.24) is 10.2 Å². The van der Waals surface area contributed by atoms with Gasteiger partial charge in [-0.2, -0.15) is 0 Å². The Morgan fingerprint density at radius 2 is 1.92 bits per heavy atom. The number of H-pyrrole nitrogens is 1. The predicted molar refractivity (Wildman–Crippen MR) is 141 cm³/mol. The van der Waals surface area contributed by atoms with Gasteiger partial charge in [-0.05, 0) is 40.9 Å². The Labute approximate surface area is 210 Å². The largest absolute Gasteiger partial charge is 0.495 e. The van der Waals surface area contributed by atoms with Gasteiger partial charge in [0.2, 0.25) is 0 Å². The molecular weight excluding hydrogens is 458 g/mol. The molecule has 0 unspecified atom stereocenters. The normalized spacial score (nSPS) is 14.2. The quantitative estimate of drug-likeness (QED) is 0.284. The van der Waals surface area contributed by atoms with Gasteiger partial charge in [0, 0.05) is 43.5 Å². The Hall–Kier alpha value is -4.15. The minimum atomic E-state index is -0.227. The number of benzene rings is 2. The van der Waals surface area contributed by atoms with Crippen LogP contribution < -0.4 is 31.4 Å². The number of urea groups is 1. The fourth-order valence-corrected chi connectivity index (χ4v) is 3.81. The molecule has 1 fully saturated rings. The zero-order chi connectivity index (χ0) is 25.2. The van der Waals surface area contributed by atoms with Gasteiger partial charge in [-0.1, -0.05) is 24.3 Å². The highest BCUT2D eigenvalue weighted by Crippen LogP contribution is 2.24. The van der Waals surface area contributed by atoms with E-state index in [0.29, 0.717) is 23.8 Å². The van der Waals surface area contributed by atoms with Gasteiger partial charge in [0.15, 0.2) is 0 Å². The summed E-state index contributed by atoms with van der Waals surface area (Å²) in [5.74, 6) is 1.50. The van der Waals surface area contributed by atoms with Crippen molar-refractivity contribution in [1.29, 1.82) is 0 Å². The number of amides is 2. The molecule has 0 saturated carbocycles. The number of aromatic nitrogens is 1. The number of aromatic amines is 1. The zero-order valence-corrected chi connectivity index (χ0v) is 20.3. The molecule has 36 heavy (non-hydrogen) atoms. The third-order valence-electron chi connectivity index (χ3n) is 5.68. The molecule has 1 aliphatic rings. The molecule has 188 valence electrons. The minimum Gasteiger partial charge on any atom is -0.495 e. The van der Waals surface area contributed by atoms with Gasteiger partial charge in [0.25, 0.3) is 0 Å². The van der Waals surface area contributed by atoms with Crippen LogP contribution in [0.5, 0.6) is 5.75 Å². The molecule has 1 saturated heterocycles. The Bertz CT molecular complexity index is 1180. The number of pyridine rings is 1. The molecule has 2 amide bonds. The second-order valence-electron chi connectivity index (χ2n) is 8.20. The second kappa shape index (κ2) is 12.5. The lowest BCUT2D eigenvalue weighted by molar-refractivity contribution is -0.361. The molecule has 1 aliphatic heterocycles. The van der Waals surface area contributed by atoms with Crippen molar-refractivity contribution in [2.75, 3.05) is 57.1 Å². The number of morpholine rings is 1. The summed E-state index contributed by atoms with van der Waals surface area (Å²) in [5.41, 5.74) is 9.40. The summed E-state index contributed by atoms with van der Waals surface area (Å²) >= 11 is 0. The number of hydrogen-bond acceptors (Lipinski definition) is 5. The van der Waals surface area contributed by atoms with E-state index in [0.717, 1.165) is 49.7 Å². The highest BCUT2D eigenvalue weighted by molar-refractivity contribution is 5.95. The average Bonchev–Trinajstić information content (AvgIpc) is 2.90. The summed E-state index contributed by atoms with van der Waals surface area (Å²) in [6.45, 7) is 4.68. The first kappa shape index (κ1) is 25.0. The van der Waals surface area contributed by atoms with Crippen molar-refractivity contribution in [3.05, 3.63) is 66.9 Å². The Morgan fingerprint density at radius 3 is 2.69 bits per heavy atom. The standard InChI is InChI=1S/C26H31N7O3/c1-35-23-8-3-2-7-22(23)31-25(27)32-24-10-9-20(18-29-24)19-5-4-6-21(17-19)30-26(34)28-11-12-33-13-15-36-16-14-33/h2-10,17-18H,11-16H2,1H3,(H2,28,30,34)(H3,27,29,31,32)/p+1. The molecular formula is C26H32N7O3+. The van der Waals surface area contributed by atoms with Crippen molar-refractivity contribution in [2.24, 2.45) is 10.7 Å². The first-order valence-corrected chi connectivity index (χ1v) is 11.8. The van der Waals surface area contributed by atoms with E-state index in [1.807, 2.05) is 66.9 Å². The predicted octanol–water partition coefficient (Wildman–Crippen LogP) is 2.69. The van der Waals surface area contributed by atoms with Crippen LogP contribution in [0.15, 0.2) is 71.9 Å². The van der Waals surface area contributed by atoms with E-state index in [2.05, 4.69) is 30.8 Å². The zero-order valence-electron chi connectivity index (χ0n) is 20.3. The maximum Gasteiger partial charge on any atom is 0.325 e. The van der Waals surface area contributed by atoms with Gasteiger partial charge in [-0.3, -0.25) is 4.90 Å². The average molecular weight is 491 g/mol. The van der Waals surface area contributed by atoms with E-state index < -0.39 is 0 Å². The lowest BCUT2D eigenvalue weighted by atomic mass is 10.1. The molecule has 1 aromatic heterocycles. The van der Waals surface area contributed by atoms with E-state index >= 15 is 0 Å². The number of methoxy groups -OCH3 is 1. The van der Waals surface area contributed by atoms with Crippen molar-refractivity contribution in [2.45, 2.75) is 0 Å². The SMILES string of the molecule is COc1ccccc1NC(N)=Nc1ccc(-c2cccc(NC(=O)NCCN3CCOCC3)c2)c[nH+]1. The van der Waals surface area contributed by atoms with Crippen LogP contribution in [0.4, 0.5) is 22.0 Å². The highest BCUT2D eigenvalue weighted by atomic mass is 16.5. The molecule has 0 atom stereocenters. The number of aliphatic imine (C=N–C) groups is 1. The lowest BCUT2D eigenvalue weighted by Gasteiger charge is -2.26. The van der Waals surface area contributed by atoms with Gasteiger partial charge >= 0.3 is 17.8 Å². The van der Waals surface area contributed by atoms with Crippen LogP contribution in [0.3, 0.4) is 0 Å². The van der Waals surface area contributed by atoms with Crippen LogP contribution in [0.25, 0.3) is 11.1 Å². The number of anilines is 2. The van der Waals surface area contributed by atoms with Crippen LogP contribution in [-0.4, -0.2) is 63.4 Å². The van der Waals surface area contributed by atoms with Crippen LogP contribution in [0.2, 0.25) is 0 Å². The summed E-state index contributed by atoms with van der Waals surface area (Å²) in [6, 6.07) is 18.7. The maximum atomic E-state index is 12.3. The van der Waals surface area contributed by atoms with E-state index in [9.17, 15) is 4.79 Å². The Kier molecular flexibility index (Phi) is 8.68. The Balaban J connectivity index is 1.32. The molecule has 6 N–H and O–H groups in total. The fourth-order valence-electron chi connectivity index (χ4n) is 3.81. The number of para-hydroxylation sites is 2. The van der Waals surface area contributed by atoms with Crippen molar-refractivity contribution >= 4 is 29.2 Å². The van der Waals surface area contributed by atoms with Crippen LogP contribution in [0, 0.1) is 0 Å². The summed E-state index contributed by atoms with van der Waals surface area (Å²) < 4.78 is 10.7. The molecule has 4 rings (SSSR count). The summed E-state index contributed by atoms with van der Waals surface area (Å²) in [7, 11) is 1.60. The number of carbonyl (C=O) groups excluding carboxylic acids is 1. The first-order chi connectivity index (χ1) is 17.6. The molecule has 0 aliphatic carbocycles. The highest BCUT2D eigenvalue weighted by Gasteiger charge is 2.11. The van der Waals surface area contributed by atoms with Gasteiger partial charge in [0.05, 0.1) is 32.2 Å². The third-order valence-corrected chi connectivity index (χ3v) is 5.68. The summed E-state index contributed by atoms with van der Waals surface area (Å²) in [5, 5.41) is 8.85. The van der Waals surface area contributed by atoms with Crippen LogP contribution in [-0.2, 0) is 4.74 Å². The molecule has 0 spiro atoms. The van der Waals surface area contributed by atoms with E-state index in [4.69, 9.17) is 15.2 Å². The van der Waals surface area contributed by atoms with Crippen molar-refractivity contribution < 1.29 is 19.3 Å². The monoisotopic (exact) mass is 490 g/mol. The van der Waals surface area contributed by atoms with Crippen LogP contribution >= 0.6 is 0 Å².